The predicted molar refractivity (Wildman–Crippen MR) is 79.3 cm³/mol. The Morgan fingerprint density at radius 1 is 1.05 bits per heavy atom. The van der Waals surface area contributed by atoms with E-state index in [4.69, 9.17) is 9.47 Å². The summed E-state index contributed by atoms with van der Waals surface area (Å²) in [7, 11) is 1.64. The zero-order valence-electron chi connectivity index (χ0n) is 11.9. The summed E-state index contributed by atoms with van der Waals surface area (Å²) in [6.45, 7) is 2.59. The van der Waals surface area contributed by atoms with Gasteiger partial charge < -0.3 is 14.6 Å². The molecule has 2 aromatic rings. The largest absolute Gasteiger partial charge is 0.496 e. The van der Waals surface area contributed by atoms with Crippen LogP contribution in [0.25, 0.3) is 0 Å². The van der Waals surface area contributed by atoms with Crippen LogP contribution in [0.5, 0.6) is 11.5 Å². The summed E-state index contributed by atoms with van der Waals surface area (Å²) in [6, 6.07) is 15.3. The molecule has 3 nitrogen and oxygen atoms in total. The Kier molecular flexibility index (Phi) is 5.02. The molecule has 106 valence electrons. The number of methoxy groups -OCH3 is 1. The van der Waals surface area contributed by atoms with Gasteiger partial charge in [0.15, 0.2) is 0 Å². The minimum Gasteiger partial charge on any atom is -0.496 e. The van der Waals surface area contributed by atoms with Crippen LogP contribution < -0.4 is 9.47 Å². The topological polar surface area (TPSA) is 38.7 Å². The molecule has 0 saturated carbocycles. The van der Waals surface area contributed by atoms with E-state index >= 15 is 0 Å². The van der Waals surface area contributed by atoms with Gasteiger partial charge in [-0.1, -0.05) is 30.3 Å². The third-order valence-electron chi connectivity index (χ3n) is 3.18. The quantitative estimate of drug-likeness (QED) is 0.876. The van der Waals surface area contributed by atoms with Crippen LogP contribution >= 0.6 is 0 Å². The molecule has 0 amide bonds. The predicted octanol–water partition coefficient (Wildman–Crippen LogP) is 3.37. The molecule has 20 heavy (non-hydrogen) atoms. The van der Waals surface area contributed by atoms with Crippen LogP contribution in [-0.2, 0) is 6.42 Å². The van der Waals surface area contributed by atoms with Gasteiger partial charge in [-0.25, -0.2) is 0 Å². The molecule has 0 heterocycles. The van der Waals surface area contributed by atoms with Crippen molar-refractivity contribution in [2.75, 3.05) is 13.7 Å². The zero-order valence-corrected chi connectivity index (χ0v) is 11.9. The summed E-state index contributed by atoms with van der Waals surface area (Å²) in [5.74, 6) is 1.62. The first-order valence-electron chi connectivity index (χ1n) is 6.77. The number of benzene rings is 2. The molecule has 1 unspecified atom stereocenters. The smallest absolute Gasteiger partial charge is 0.122 e. The molecule has 2 rings (SSSR count). The number of hydrogen-bond donors (Lipinski definition) is 1. The van der Waals surface area contributed by atoms with Crippen molar-refractivity contribution in [3.63, 3.8) is 0 Å². The monoisotopic (exact) mass is 272 g/mol. The van der Waals surface area contributed by atoms with E-state index in [9.17, 15) is 5.11 Å². The Hall–Kier alpha value is -2.00. The highest BCUT2D eigenvalue weighted by atomic mass is 16.5. The van der Waals surface area contributed by atoms with Gasteiger partial charge in [0.2, 0.25) is 0 Å². The standard InChI is InChI=1S/C17H20O3/c1-3-20-15-10-8-13(9-11-15)16(18)12-14-6-4-5-7-17(14)19-2/h4-11,16,18H,3,12H2,1-2H3. The van der Waals surface area contributed by atoms with Crippen molar-refractivity contribution in [1.82, 2.24) is 0 Å². The maximum Gasteiger partial charge on any atom is 0.122 e. The number of ether oxygens (including phenoxy) is 2. The molecular weight excluding hydrogens is 252 g/mol. The van der Waals surface area contributed by atoms with Crippen LogP contribution in [0.4, 0.5) is 0 Å². The first kappa shape index (κ1) is 14.4. The van der Waals surface area contributed by atoms with Crippen LogP contribution in [0, 0.1) is 0 Å². The first-order valence-corrected chi connectivity index (χ1v) is 6.77. The van der Waals surface area contributed by atoms with Crippen LogP contribution in [0.3, 0.4) is 0 Å². The number of para-hydroxylation sites is 1. The van der Waals surface area contributed by atoms with E-state index < -0.39 is 6.10 Å². The van der Waals surface area contributed by atoms with Crippen molar-refractivity contribution < 1.29 is 14.6 Å². The summed E-state index contributed by atoms with van der Waals surface area (Å²) >= 11 is 0. The van der Waals surface area contributed by atoms with Gasteiger partial charge in [-0.05, 0) is 36.2 Å². The first-order chi connectivity index (χ1) is 9.74. The van der Waals surface area contributed by atoms with Gasteiger partial charge in [0.1, 0.15) is 11.5 Å². The molecule has 1 N–H and O–H groups in total. The Labute approximate surface area is 119 Å². The second-order valence-corrected chi connectivity index (χ2v) is 4.53. The van der Waals surface area contributed by atoms with Gasteiger partial charge in [-0.3, -0.25) is 0 Å². The molecule has 0 radical (unpaired) electrons. The van der Waals surface area contributed by atoms with Gasteiger partial charge in [0.05, 0.1) is 19.8 Å². The molecule has 0 bridgehead atoms. The molecule has 0 aromatic heterocycles. The lowest BCUT2D eigenvalue weighted by Gasteiger charge is -2.14. The van der Waals surface area contributed by atoms with Gasteiger partial charge in [0.25, 0.3) is 0 Å². The fourth-order valence-electron chi connectivity index (χ4n) is 2.15. The fourth-order valence-corrected chi connectivity index (χ4v) is 2.15. The number of rotatable bonds is 6. The average Bonchev–Trinajstić information content (AvgIpc) is 2.49. The lowest BCUT2D eigenvalue weighted by Crippen LogP contribution is -2.03. The van der Waals surface area contributed by atoms with Crippen molar-refractivity contribution in [3.05, 3.63) is 59.7 Å². The Morgan fingerprint density at radius 2 is 1.75 bits per heavy atom. The summed E-state index contributed by atoms with van der Waals surface area (Å²) in [5.41, 5.74) is 1.87. The van der Waals surface area contributed by atoms with E-state index in [1.54, 1.807) is 7.11 Å². The Balaban J connectivity index is 2.09. The van der Waals surface area contributed by atoms with E-state index in [0.717, 1.165) is 22.6 Å². The highest BCUT2D eigenvalue weighted by molar-refractivity contribution is 5.35. The van der Waals surface area contributed by atoms with Crippen molar-refractivity contribution in [2.24, 2.45) is 0 Å². The van der Waals surface area contributed by atoms with Crippen LogP contribution in [0.1, 0.15) is 24.2 Å². The summed E-state index contributed by atoms with van der Waals surface area (Å²) in [4.78, 5) is 0. The third-order valence-corrected chi connectivity index (χ3v) is 3.18. The lowest BCUT2D eigenvalue weighted by molar-refractivity contribution is 0.177. The highest BCUT2D eigenvalue weighted by Crippen LogP contribution is 2.25. The molecule has 0 spiro atoms. The SMILES string of the molecule is CCOc1ccc(C(O)Cc2ccccc2OC)cc1. The normalized spacial score (nSPS) is 11.9. The molecule has 0 aliphatic rings. The highest BCUT2D eigenvalue weighted by Gasteiger charge is 2.11. The second-order valence-electron chi connectivity index (χ2n) is 4.53. The molecular formula is C17H20O3. The van der Waals surface area contributed by atoms with Crippen molar-refractivity contribution in [1.29, 1.82) is 0 Å². The van der Waals surface area contributed by atoms with Gasteiger partial charge in [-0.2, -0.15) is 0 Å². The molecule has 0 aliphatic carbocycles. The summed E-state index contributed by atoms with van der Waals surface area (Å²) in [5, 5.41) is 10.3. The van der Waals surface area contributed by atoms with Crippen molar-refractivity contribution >= 4 is 0 Å². The number of aliphatic hydroxyl groups is 1. The summed E-state index contributed by atoms with van der Waals surface area (Å²) < 4.78 is 10.7. The maximum absolute atomic E-state index is 10.3. The van der Waals surface area contributed by atoms with E-state index in [0.29, 0.717) is 13.0 Å². The van der Waals surface area contributed by atoms with E-state index in [-0.39, 0.29) is 0 Å². The molecule has 3 heteroatoms. The van der Waals surface area contributed by atoms with Gasteiger partial charge in [-0.15, -0.1) is 0 Å². The lowest BCUT2D eigenvalue weighted by atomic mass is 10.0. The Morgan fingerprint density at radius 3 is 2.40 bits per heavy atom. The van der Waals surface area contributed by atoms with Crippen molar-refractivity contribution in [2.45, 2.75) is 19.4 Å². The van der Waals surface area contributed by atoms with E-state index in [2.05, 4.69) is 0 Å². The molecule has 0 fully saturated rings. The van der Waals surface area contributed by atoms with Gasteiger partial charge in [0, 0.05) is 6.42 Å². The summed E-state index contributed by atoms with van der Waals surface area (Å²) in [6.07, 6.45) is -0.0279. The number of aliphatic hydroxyl groups excluding tert-OH is 1. The minimum atomic E-state index is -0.554. The second kappa shape index (κ2) is 6.96. The number of hydrogen-bond acceptors (Lipinski definition) is 3. The minimum absolute atomic E-state index is 0.526. The maximum atomic E-state index is 10.3. The molecule has 2 aromatic carbocycles. The fraction of sp³-hybridized carbons (Fsp3) is 0.294. The van der Waals surface area contributed by atoms with Crippen LogP contribution in [-0.4, -0.2) is 18.8 Å². The third kappa shape index (κ3) is 3.52. The zero-order chi connectivity index (χ0) is 14.4. The van der Waals surface area contributed by atoms with Crippen molar-refractivity contribution in [3.8, 4) is 11.5 Å². The Bertz CT molecular complexity index is 534. The van der Waals surface area contributed by atoms with E-state index in [1.165, 1.54) is 0 Å². The van der Waals surface area contributed by atoms with Crippen LogP contribution in [0.15, 0.2) is 48.5 Å². The molecule has 0 aliphatic heterocycles. The van der Waals surface area contributed by atoms with Crippen LogP contribution in [0.2, 0.25) is 0 Å². The average molecular weight is 272 g/mol. The van der Waals surface area contributed by atoms with Gasteiger partial charge >= 0.3 is 0 Å². The van der Waals surface area contributed by atoms with E-state index in [1.807, 2.05) is 55.5 Å². The molecule has 1 atom stereocenters. The molecule has 0 saturated heterocycles.